The Balaban J connectivity index is 2.09. The van der Waals surface area contributed by atoms with Gasteiger partial charge in [-0.1, -0.05) is 42.5 Å². The number of nitrogens with one attached hydrogen (secondary N) is 2. The SMILES string of the molecule is C#CCNC(=O)CNC(=O)C1(c2cccc(Cl)c2)CCCC1. The van der Waals surface area contributed by atoms with E-state index < -0.39 is 5.41 Å². The average molecular weight is 319 g/mol. The second-order valence-corrected chi connectivity index (χ2v) is 5.90. The largest absolute Gasteiger partial charge is 0.346 e. The highest BCUT2D eigenvalue weighted by molar-refractivity contribution is 6.30. The molecule has 0 radical (unpaired) electrons. The van der Waals surface area contributed by atoms with Gasteiger partial charge in [-0.25, -0.2) is 0 Å². The van der Waals surface area contributed by atoms with Gasteiger partial charge in [-0.2, -0.15) is 0 Å². The molecule has 0 spiro atoms. The number of rotatable bonds is 5. The zero-order valence-corrected chi connectivity index (χ0v) is 13.1. The van der Waals surface area contributed by atoms with Crippen molar-refractivity contribution in [2.75, 3.05) is 13.1 Å². The maximum absolute atomic E-state index is 12.7. The molecule has 0 heterocycles. The summed E-state index contributed by atoms with van der Waals surface area (Å²) in [6.45, 7) is 0.0942. The van der Waals surface area contributed by atoms with E-state index in [2.05, 4.69) is 16.6 Å². The minimum Gasteiger partial charge on any atom is -0.346 e. The molecular weight excluding hydrogens is 300 g/mol. The molecule has 1 saturated carbocycles. The van der Waals surface area contributed by atoms with E-state index in [-0.39, 0.29) is 24.9 Å². The van der Waals surface area contributed by atoms with Gasteiger partial charge in [0.1, 0.15) is 0 Å². The van der Waals surface area contributed by atoms with Crippen molar-refractivity contribution in [2.45, 2.75) is 31.1 Å². The van der Waals surface area contributed by atoms with Crippen LogP contribution in [0.4, 0.5) is 0 Å². The van der Waals surface area contributed by atoms with E-state index in [0.717, 1.165) is 31.2 Å². The van der Waals surface area contributed by atoms with Gasteiger partial charge in [-0.15, -0.1) is 6.42 Å². The summed E-state index contributed by atoms with van der Waals surface area (Å²) < 4.78 is 0. The minimum absolute atomic E-state index is 0.0666. The van der Waals surface area contributed by atoms with Crippen molar-refractivity contribution in [3.8, 4) is 12.3 Å². The minimum atomic E-state index is -0.586. The van der Waals surface area contributed by atoms with Crippen LogP contribution < -0.4 is 10.6 Å². The number of terminal acetylenes is 1. The molecule has 0 aliphatic heterocycles. The lowest BCUT2D eigenvalue weighted by Crippen LogP contribution is -2.46. The van der Waals surface area contributed by atoms with Crippen molar-refractivity contribution >= 4 is 23.4 Å². The van der Waals surface area contributed by atoms with Gasteiger partial charge in [0, 0.05) is 5.02 Å². The van der Waals surface area contributed by atoms with Crippen LogP contribution in [0.2, 0.25) is 5.02 Å². The Kier molecular flexibility index (Phi) is 5.46. The third-order valence-electron chi connectivity index (χ3n) is 4.07. The molecule has 1 aromatic rings. The zero-order chi connectivity index (χ0) is 16.0. The molecule has 1 fully saturated rings. The summed E-state index contributed by atoms with van der Waals surface area (Å²) in [5.74, 6) is 1.91. The van der Waals surface area contributed by atoms with Crippen molar-refractivity contribution in [3.05, 3.63) is 34.9 Å². The summed E-state index contributed by atoms with van der Waals surface area (Å²) >= 11 is 6.06. The number of hydrogen-bond acceptors (Lipinski definition) is 2. The molecular formula is C17H19ClN2O2. The van der Waals surface area contributed by atoms with Crippen LogP contribution in [-0.2, 0) is 15.0 Å². The van der Waals surface area contributed by atoms with Gasteiger partial charge in [0.2, 0.25) is 11.8 Å². The summed E-state index contributed by atoms with van der Waals surface area (Å²) in [7, 11) is 0. The molecule has 2 N–H and O–H groups in total. The van der Waals surface area contributed by atoms with Crippen LogP contribution in [-0.4, -0.2) is 24.9 Å². The second kappa shape index (κ2) is 7.33. The quantitative estimate of drug-likeness (QED) is 0.816. The third-order valence-corrected chi connectivity index (χ3v) is 4.30. The highest BCUT2D eigenvalue weighted by Crippen LogP contribution is 2.41. The van der Waals surface area contributed by atoms with E-state index >= 15 is 0 Å². The first kappa shape index (κ1) is 16.4. The number of halogens is 1. The molecule has 2 amide bonds. The van der Waals surface area contributed by atoms with E-state index in [9.17, 15) is 9.59 Å². The lowest BCUT2D eigenvalue weighted by Gasteiger charge is -2.28. The fraction of sp³-hybridized carbons (Fsp3) is 0.412. The van der Waals surface area contributed by atoms with Crippen LogP contribution in [0.1, 0.15) is 31.2 Å². The van der Waals surface area contributed by atoms with Crippen LogP contribution in [0.25, 0.3) is 0 Å². The van der Waals surface area contributed by atoms with E-state index in [0.29, 0.717) is 5.02 Å². The second-order valence-electron chi connectivity index (χ2n) is 5.46. The van der Waals surface area contributed by atoms with E-state index in [1.165, 1.54) is 0 Å². The molecule has 0 unspecified atom stereocenters. The topological polar surface area (TPSA) is 58.2 Å². The van der Waals surface area contributed by atoms with Crippen molar-refractivity contribution in [1.29, 1.82) is 0 Å². The summed E-state index contributed by atoms with van der Waals surface area (Å²) in [6, 6.07) is 7.41. The molecule has 0 atom stereocenters. The Morgan fingerprint density at radius 2 is 2.00 bits per heavy atom. The first-order valence-corrected chi connectivity index (χ1v) is 7.71. The number of carbonyl (C=O) groups excluding carboxylic acids is 2. The van der Waals surface area contributed by atoms with Crippen LogP contribution in [0.15, 0.2) is 24.3 Å². The van der Waals surface area contributed by atoms with Gasteiger partial charge >= 0.3 is 0 Å². The highest BCUT2D eigenvalue weighted by atomic mass is 35.5. The van der Waals surface area contributed by atoms with Gasteiger partial charge in [0.05, 0.1) is 18.5 Å². The summed E-state index contributed by atoms with van der Waals surface area (Å²) in [6.07, 6.45) is 8.60. The van der Waals surface area contributed by atoms with Crippen molar-refractivity contribution < 1.29 is 9.59 Å². The van der Waals surface area contributed by atoms with Crippen molar-refractivity contribution in [1.82, 2.24) is 10.6 Å². The van der Waals surface area contributed by atoms with Gasteiger partial charge in [-0.05, 0) is 30.5 Å². The lowest BCUT2D eigenvalue weighted by atomic mass is 9.78. The molecule has 0 saturated heterocycles. The Morgan fingerprint density at radius 1 is 1.27 bits per heavy atom. The Labute approximate surface area is 135 Å². The fourth-order valence-corrected chi connectivity index (χ4v) is 3.14. The lowest BCUT2D eigenvalue weighted by molar-refractivity contribution is -0.129. The maximum atomic E-state index is 12.7. The smallest absolute Gasteiger partial charge is 0.240 e. The van der Waals surface area contributed by atoms with Gasteiger partial charge in [0.25, 0.3) is 0 Å². The van der Waals surface area contributed by atoms with Crippen LogP contribution in [0.3, 0.4) is 0 Å². The van der Waals surface area contributed by atoms with Gasteiger partial charge in [-0.3, -0.25) is 9.59 Å². The molecule has 1 aliphatic rings. The molecule has 2 rings (SSSR count). The third kappa shape index (κ3) is 3.61. The summed E-state index contributed by atoms with van der Waals surface area (Å²) in [5, 5.41) is 5.87. The van der Waals surface area contributed by atoms with E-state index in [1.807, 2.05) is 18.2 Å². The standard InChI is InChI=1S/C17H19ClN2O2/c1-2-10-19-15(21)12-20-16(22)17(8-3-4-9-17)13-6-5-7-14(18)11-13/h1,5-7,11H,3-4,8-10,12H2,(H,19,21)(H,20,22). The fourth-order valence-electron chi connectivity index (χ4n) is 2.95. The number of hydrogen-bond donors (Lipinski definition) is 2. The first-order valence-electron chi connectivity index (χ1n) is 7.33. The molecule has 5 heteroatoms. The van der Waals surface area contributed by atoms with Crippen LogP contribution in [0, 0.1) is 12.3 Å². The molecule has 0 bridgehead atoms. The van der Waals surface area contributed by atoms with Gasteiger partial charge < -0.3 is 10.6 Å². The Bertz CT molecular complexity index is 601. The highest BCUT2D eigenvalue weighted by Gasteiger charge is 2.42. The molecule has 4 nitrogen and oxygen atoms in total. The number of benzene rings is 1. The van der Waals surface area contributed by atoms with Crippen molar-refractivity contribution in [2.24, 2.45) is 0 Å². The summed E-state index contributed by atoms with van der Waals surface area (Å²) in [5.41, 5.74) is 0.330. The molecule has 0 aromatic heterocycles. The Hall–Kier alpha value is -1.99. The number of amides is 2. The maximum Gasteiger partial charge on any atom is 0.240 e. The molecule has 22 heavy (non-hydrogen) atoms. The van der Waals surface area contributed by atoms with Gasteiger partial charge in [0.15, 0.2) is 0 Å². The van der Waals surface area contributed by atoms with E-state index in [1.54, 1.807) is 6.07 Å². The predicted octanol–water partition coefficient (Wildman–Crippen LogP) is 2.02. The van der Waals surface area contributed by atoms with Crippen LogP contribution >= 0.6 is 11.6 Å². The molecule has 116 valence electrons. The monoisotopic (exact) mass is 318 g/mol. The molecule has 1 aliphatic carbocycles. The van der Waals surface area contributed by atoms with Crippen LogP contribution in [0.5, 0.6) is 0 Å². The molecule has 1 aromatic carbocycles. The Morgan fingerprint density at radius 3 is 2.64 bits per heavy atom. The zero-order valence-electron chi connectivity index (χ0n) is 12.3. The van der Waals surface area contributed by atoms with E-state index in [4.69, 9.17) is 18.0 Å². The predicted molar refractivity (Wildman–Crippen MR) is 86.5 cm³/mol. The average Bonchev–Trinajstić information content (AvgIpc) is 3.01. The first-order chi connectivity index (χ1) is 10.6. The van der Waals surface area contributed by atoms with Crippen molar-refractivity contribution in [3.63, 3.8) is 0 Å². The summed E-state index contributed by atoms with van der Waals surface area (Å²) in [4.78, 5) is 24.3. The number of carbonyl (C=O) groups is 2. The normalized spacial score (nSPS) is 15.8.